The lowest BCUT2D eigenvalue weighted by molar-refractivity contribution is 0.748. The Kier molecular flexibility index (Phi) is 5.06. The van der Waals surface area contributed by atoms with Gasteiger partial charge in [0.15, 0.2) is 0 Å². The van der Waals surface area contributed by atoms with Crippen molar-refractivity contribution >= 4 is 45.1 Å². The SMILES string of the molecule is NCCCCc1c(-c2ccccc2I)[nH]c2ccc(Cl)cc12. The van der Waals surface area contributed by atoms with E-state index in [0.717, 1.165) is 36.3 Å². The number of aromatic nitrogens is 1. The van der Waals surface area contributed by atoms with Gasteiger partial charge in [0, 0.05) is 25.1 Å². The van der Waals surface area contributed by atoms with Crippen LogP contribution in [0.15, 0.2) is 42.5 Å². The zero-order valence-corrected chi connectivity index (χ0v) is 15.1. The van der Waals surface area contributed by atoms with E-state index in [1.54, 1.807) is 0 Å². The van der Waals surface area contributed by atoms with Gasteiger partial charge in [0.1, 0.15) is 0 Å². The lowest BCUT2D eigenvalue weighted by Gasteiger charge is -2.07. The van der Waals surface area contributed by atoms with Crippen molar-refractivity contribution in [3.05, 3.63) is 56.6 Å². The minimum atomic E-state index is 0.737. The number of benzene rings is 2. The van der Waals surface area contributed by atoms with Crippen LogP contribution in [0.25, 0.3) is 22.2 Å². The standard InChI is InChI=1S/C18H18ClIN2/c19-12-8-9-17-15(11-12)13(5-3-4-10-21)18(22-17)14-6-1-2-7-16(14)20/h1-2,6-9,11,22H,3-5,10,21H2. The Morgan fingerprint density at radius 1 is 1.09 bits per heavy atom. The molecule has 22 heavy (non-hydrogen) atoms. The number of halogens is 2. The van der Waals surface area contributed by atoms with Crippen molar-refractivity contribution in [2.75, 3.05) is 6.54 Å². The monoisotopic (exact) mass is 424 g/mol. The maximum atomic E-state index is 6.20. The normalized spacial score (nSPS) is 11.2. The van der Waals surface area contributed by atoms with Crippen molar-refractivity contribution in [2.45, 2.75) is 19.3 Å². The number of aryl methyl sites for hydroxylation is 1. The summed E-state index contributed by atoms with van der Waals surface area (Å²) >= 11 is 8.59. The molecule has 0 fully saturated rings. The average molecular weight is 425 g/mol. The van der Waals surface area contributed by atoms with Crippen LogP contribution in [0.2, 0.25) is 5.02 Å². The largest absolute Gasteiger partial charge is 0.354 e. The Hall–Kier alpha value is -1.04. The van der Waals surface area contributed by atoms with Crippen LogP contribution in [0.5, 0.6) is 0 Å². The summed E-state index contributed by atoms with van der Waals surface area (Å²) in [6, 6.07) is 14.5. The van der Waals surface area contributed by atoms with E-state index in [1.807, 2.05) is 6.07 Å². The zero-order valence-electron chi connectivity index (χ0n) is 12.2. The molecule has 114 valence electrons. The fraction of sp³-hybridized carbons (Fsp3) is 0.222. The van der Waals surface area contributed by atoms with Crippen LogP contribution in [0.4, 0.5) is 0 Å². The van der Waals surface area contributed by atoms with Gasteiger partial charge in [0.25, 0.3) is 0 Å². The molecule has 0 bridgehead atoms. The fourth-order valence-electron chi connectivity index (χ4n) is 2.82. The van der Waals surface area contributed by atoms with E-state index in [1.165, 1.54) is 25.8 Å². The molecule has 3 aromatic rings. The van der Waals surface area contributed by atoms with Gasteiger partial charge < -0.3 is 10.7 Å². The molecule has 1 heterocycles. The minimum Gasteiger partial charge on any atom is -0.354 e. The lowest BCUT2D eigenvalue weighted by Crippen LogP contribution is -1.99. The second-order valence-corrected chi connectivity index (χ2v) is 6.99. The maximum Gasteiger partial charge on any atom is 0.0508 e. The molecule has 0 saturated carbocycles. The molecule has 0 saturated heterocycles. The molecule has 0 aliphatic carbocycles. The summed E-state index contributed by atoms with van der Waals surface area (Å²) in [5.74, 6) is 0. The predicted octanol–water partition coefficient (Wildman–Crippen LogP) is 5.37. The molecule has 2 nitrogen and oxygen atoms in total. The van der Waals surface area contributed by atoms with Gasteiger partial charge in [0.2, 0.25) is 0 Å². The Balaban J connectivity index is 2.15. The van der Waals surface area contributed by atoms with Crippen molar-refractivity contribution in [3.8, 4) is 11.3 Å². The lowest BCUT2D eigenvalue weighted by atomic mass is 10.0. The molecule has 2 aromatic carbocycles. The van der Waals surface area contributed by atoms with Gasteiger partial charge in [-0.25, -0.2) is 0 Å². The summed E-state index contributed by atoms with van der Waals surface area (Å²) in [6.45, 7) is 0.737. The van der Waals surface area contributed by atoms with Crippen LogP contribution in [0.3, 0.4) is 0 Å². The van der Waals surface area contributed by atoms with Crippen molar-refractivity contribution in [1.82, 2.24) is 4.98 Å². The Labute approximate surface area is 149 Å². The summed E-state index contributed by atoms with van der Waals surface area (Å²) in [5, 5.41) is 2.00. The highest BCUT2D eigenvalue weighted by atomic mass is 127. The number of hydrogen-bond donors (Lipinski definition) is 2. The molecular weight excluding hydrogens is 407 g/mol. The topological polar surface area (TPSA) is 41.8 Å². The van der Waals surface area contributed by atoms with E-state index >= 15 is 0 Å². The summed E-state index contributed by atoms with van der Waals surface area (Å²) in [6.07, 6.45) is 3.14. The van der Waals surface area contributed by atoms with Crippen LogP contribution in [-0.4, -0.2) is 11.5 Å². The highest BCUT2D eigenvalue weighted by Crippen LogP contribution is 2.35. The number of nitrogens with two attached hydrogens (primary N) is 1. The molecule has 3 N–H and O–H groups in total. The zero-order chi connectivity index (χ0) is 15.5. The molecule has 1 aromatic heterocycles. The number of hydrogen-bond acceptors (Lipinski definition) is 1. The number of unbranched alkanes of at least 4 members (excludes halogenated alkanes) is 1. The van der Waals surface area contributed by atoms with Gasteiger partial charge in [-0.2, -0.15) is 0 Å². The summed E-state index contributed by atoms with van der Waals surface area (Å²) in [5.41, 5.74) is 10.6. The molecule has 0 unspecified atom stereocenters. The first-order valence-electron chi connectivity index (χ1n) is 7.46. The average Bonchev–Trinajstić information content (AvgIpc) is 2.86. The third-order valence-corrected chi connectivity index (χ3v) is 5.07. The van der Waals surface area contributed by atoms with Gasteiger partial charge in [-0.1, -0.05) is 29.8 Å². The second-order valence-electron chi connectivity index (χ2n) is 5.39. The first-order chi connectivity index (χ1) is 10.7. The van der Waals surface area contributed by atoms with Gasteiger partial charge >= 0.3 is 0 Å². The van der Waals surface area contributed by atoms with Crippen molar-refractivity contribution in [3.63, 3.8) is 0 Å². The number of aromatic amines is 1. The molecule has 0 aliphatic rings. The van der Waals surface area contributed by atoms with Crippen LogP contribution < -0.4 is 5.73 Å². The van der Waals surface area contributed by atoms with Gasteiger partial charge in [0.05, 0.1) is 5.69 Å². The highest BCUT2D eigenvalue weighted by Gasteiger charge is 2.15. The summed E-state index contributed by atoms with van der Waals surface area (Å²) in [4.78, 5) is 3.58. The molecule has 3 rings (SSSR count). The molecule has 0 amide bonds. The Bertz CT molecular complexity index is 795. The van der Waals surface area contributed by atoms with Crippen molar-refractivity contribution in [2.24, 2.45) is 5.73 Å². The third kappa shape index (κ3) is 3.16. The quantitative estimate of drug-likeness (QED) is 0.419. The molecule has 0 aliphatic heterocycles. The first kappa shape index (κ1) is 15.8. The van der Waals surface area contributed by atoms with Crippen molar-refractivity contribution < 1.29 is 0 Å². The van der Waals surface area contributed by atoms with E-state index in [4.69, 9.17) is 17.3 Å². The number of fused-ring (bicyclic) bond motifs is 1. The molecule has 0 spiro atoms. The van der Waals surface area contributed by atoms with Crippen LogP contribution in [0, 0.1) is 3.57 Å². The van der Waals surface area contributed by atoms with Crippen LogP contribution >= 0.6 is 34.2 Å². The summed E-state index contributed by atoms with van der Waals surface area (Å²) in [7, 11) is 0. The fourth-order valence-corrected chi connectivity index (χ4v) is 3.65. The molecule has 0 radical (unpaired) electrons. The second kappa shape index (κ2) is 7.02. The third-order valence-electron chi connectivity index (χ3n) is 3.89. The van der Waals surface area contributed by atoms with E-state index in [-0.39, 0.29) is 0 Å². The Morgan fingerprint density at radius 2 is 1.91 bits per heavy atom. The summed E-state index contributed by atoms with van der Waals surface area (Å²) < 4.78 is 1.25. The Morgan fingerprint density at radius 3 is 2.68 bits per heavy atom. The van der Waals surface area contributed by atoms with E-state index < -0.39 is 0 Å². The van der Waals surface area contributed by atoms with Crippen LogP contribution in [-0.2, 0) is 6.42 Å². The van der Waals surface area contributed by atoms with E-state index in [2.05, 4.69) is 64.0 Å². The number of rotatable bonds is 5. The number of nitrogens with one attached hydrogen (secondary N) is 1. The van der Waals surface area contributed by atoms with E-state index in [9.17, 15) is 0 Å². The predicted molar refractivity (Wildman–Crippen MR) is 103 cm³/mol. The van der Waals surface area contributed by atoms with Gasteiger partial charge in [-0.05, 0) is 78.2 Å². The molecule has 4 heteroatoms. The first-order valence-corrected chi connectivity index (χ1v) is 8.91. The highest BCUT2D eigenvalue weighted by molar-refractivity contribution is 14.1. The number of H-pyrrole nitrogens is 1. The molecular formula is C18H18ClIN2. The maximum absolute atomic E-state index is 6.20. The molecule has 0 atom stereocenters. The van der Waals surface area contributed by atoms with Gasteiger partial charge in [-0.15, -0.1) is 0 Å². The smallest absolute Gasteiger partial charge is 0.0508 e. The van der Waals surface area contributed by atoms with Crippen LogP contribution in [0.1, 0.15) is 18.4 Å². The minimum absolute atomic E-state index is 0.737. The van der Waals surface area contributed by atoms with Crippen molar-refractivity contribution in [1.29, 1.82) is 0 Å². The van der Waals surface area contributed by atoms with E-state index in [0.29, 0.717) is 0 Å². The van der Waals surface area contributed by atoms with Gasteiger partial charge in [-0.3, -0.25) is 0 Å².